The number of hydrogen-bond acceptors (Lipinski definition) is 2. The quantitative estimate of drug-likeness (QED) is 0.796. The molecule has 0 atom stereocenters. The van der Waals surface area contributed by atoms with Gasteiger partial charge in [-0.3, -0.25) is 0 Å². The molecule has 1 aromatic carbocycles. The van der Waals surface area contributed by atoms with Gasteiger partial charge in [-0.15, -0.1) is 0 Å². The van der Waals surface area contributed by atoms with Gasteiger partial charge in [0.1, 0.15) is 10.8 Å². The van der Waals surface area contributed by atoms with Crippen LogP contribution in [0.3, 0.4) is 0 Å². The van der Waals surface area contributed by atoms with Crippen LogP contribution in [0, 0.1) is 11.7 Å². The summed E-state index contributed by atoms with van der Waals surface area (Å²) in [6, 6.07) is 5.60. The first-order valence-corrected chi connectivity index (χ1v) is 8.26. The molecule has 0 amide bonds. The Morgan fingerprint density at radius 1 is 1.38 bits per heavy atom. The second kappa shape index (κ2) is 7.21. The third kappa shape index (κ3) is 4.16. The van der Waals surface area contributed by atoms with E-state index in [4.69, 9.17) is 18.0 Å². The standard InChI is InChI=1S/C17H25FN2S/c1-12(2)9-10-20(14-5-3-4-6-14)16-8-7-13(17(19)21)11-15(16)18/h7-8,11-12,14H,3-6,9-10H2,1-2H3,(H2,19,21). The Morgan fingerprint density at radius 3 is 2.57 bits per heavy atom. The third-order valence-electron chi connectivity index (χ3n) is 4.25. The Labute approximate surface area is 132 Å². The minimum Gasteiger partial charge on any atom is -0.389 e. The largest absolute Gasteiger partial charge is 0.389 e. The summed E-state index contributed by atoms with van der Waals surface area (Å²) in [6.45, 7) is 5.32. The zero-order chi connectivity index (χ0) is 15.4. The van der Waals surface area contributed by atoms with Crippen molar-refractivity contribution in [3.8, 4) is 0 Å². The van der Waals surface area contributed by atoms with Gasteiger partial charge in [0.2, 0.25) is 0 Å². The summed E-state index contributed by atoms with van der Waals surface area (Å²) in [6.07, 6.45) is 5.89. The molecule has 21 heavy (non-hydrogen) atoms. The lowest BCUT2D eigenvalue weighted by Crippen LogP contribution is -2.35. The topological polar surface area (TPSA) is 29.3 Å². The van der Waals surface area contributed by atoms with Crippen molar-refractivity contribution in [1.29, 1.82) is 0 Å². The molecule has 116 valence electrons. The molecule has 1 aliphatic rings. The summed E-state index contributed by atoms with van der Waals surface area (Å²) >= 11 is 4.92. The van der Waals surface area contributed by atoms with Gasteiger partial charge >= 0.3 is 0 Å². The van der Waals surface area contributed by atoms with E-state index >= 15 is 0 Å². The lowest BCUT2D eigenvalue weighted by Gasteiger charge is -2.32. The minimum atomic E-state index is -0.212. The van der Waals surface area contributed by atoms with E-state index in [9.17, 15) is 4.39 Å². The number of thiocarbonyl (C=S) groups is 1. The van der Waals surface area contributed by atoms with Crippen LogP contribution in [-0.4, -0.2) is 17.6 Å². The Bertz CT molecular complexity index is 496. The summed E-state index contributed by atoms with van der Waals surface area (Å²) in [4.78, 5) is 2.50. The molecule has 1 fully saturated rings. The van der Waals surface area contributed by atoms with E-state index in [-0.39, 0.29) is 10.8 Å². The van der Waals surface area contributed by atoms with Crippen LogP contribution in [0.5, 0.6) is 0 Å². The highest BCUT2D eigenvalue weighted by Crippen LogP contribution is 2.31. The number of nitrogens with two attached hydrogens (primary N) is 1. The lowest BCUT2D eigenvalue weighted by atomic mass is 10.1. The number of nitrogens with zero attached hydrogens (tertiary/aromatic N) is 1. The third-order valence-corrected chi connectivity index (χ3v) is 4.49. The van der Waals surface area contributed by atoms with Gasteiger partial charge in [-0.25, -0.2) is 4.39 Å². The summed E-state index contributed by atoms with van der Waals surface area (Å²) in [5.74, 6) is 0.406. The van der Waals surface area contributed by atoms with Crippen molar-refractivity contribution >= 4 is 22.9 Å². The molecule has 1 saturated carbocycles. The van der Waals surface area contributed by atoms with Gasteiger partial charge in [-0.2, -0.15) is 0 Å². The Balaban J connectivity index is 2.24. The maximum absolute atomic E-state index is 14.5. The molecule has 2 N–H and O–H groups in total. The Kier molecular flexibility index (Phi) is 5.57. The molecule has 0 radical (unpaired) electrons. The van der Waals surface area contributed by atoms with Crippen LogP contribution in [0.25, 0.3) is 0 Å². The molecule has 0 aliphatic heterocycles. The second-order valence-corrected chi connectivity index (χ2v) is 6.78. The zero-order valence-corrected chi connectivity index (χ0v) is 13.8. The van der Waals surface area contributed by atoms with Crippen molar-refractivity contribution < 1.29 is 4.39 Å². The van der Waals surface area contributed by atoms with E-state index < -0.39 is 0 Å². The maximum atomic E-state index is 14.5. The van der Waals surface area contributed by atoms with E-state index in [2.05, 4.69) is 18.7 Å². The minimum absolute atomic E-state index is 0.212. The van der Waals surface area contributed by atoms with Gasteiger partial charge in [0.25, 0.3) is 0 Å². The van der Waals surface area contributed by atoms with Crippen LogP contribution in [0.4, 0.5) is 10.1 Å². The number of anilines is 1. The fourth-order valence-electron chi connectivity index (χ4n) is 3.01. The average molecular weight is 308 g/mol. The normalized spacial score (nSPS) is 15.6. The van der Waals surface area contributed by atoms with Crippen molar-refractivity contribution in [2.75, 3.05) is 11.4 Å². The summed E-state index contributed by atoms with van der Waals surface area (Å²) in [5.41, 5.74) is 6.88. The van der Waals surface area contributed by atoms with E-state index in [1.165, 1.54) is 18.9 Å². The Morgan fingerprint density at radius 2 is 2.05 bits per heavy atom. The van der Waals surface area contributed by atoms with Gasteiger partial charge < -0.3 is 10.6 Å². The molecule has 0 heterocycles. The number of halogens is 1. The summed E-state index contributed by atoms with van der Waals surface area (Å²) in [5, 5.41) is 0. The van der Waals surface area contributed by atoms with E-state index in [0.717, 1.165) is 25.8 Å². The highest BCUT2D eigenvalue weighted by molar-refractivity contribution is 7.80. The van der Waals surface area contributed by atoms with Gasteiger partial charge in [0.05, 0.1) is 5.69 Å². The first-order valence-electron chi connectivity index (χ1n) is 7.85. The lowest BCUT2D eigenvalue weighted by molar-refractivity contribution is 0.517. The predicted octanol–water partition coefficient (Wildman–Crippen LogP) is 4.26. The smallest absolute Gasteiger partial charge is 0.147 e. The van der Waals surface area contributed by atoms with Crippen molar-refractivity contribution in [2.24, 2.45) is 11.7 Å². The van der Waals surface area contributed by atoms with Gasteiger partial charge in [-0.05, 0) is 43.4 Å². The van der Waals surface area contributed by atoms with Crippen LogP contribution in [0.15, 0.2) is 18.2 Å². The SMILES string of the molecule is CC(C)CCN(c1ccc(C(N)=S)cc1F)C1CCCC1. The number of rotatable bonds is 6. The van der Waals surface area contributed by atoms with Crippen molar-refractivity contribution in [3.05, 3.63) is 29.6 Å². The van der Waals surface area contributed by atoms with E-state index in [1.807, 2.05) is 12.1 Å². The summed E-state index contributed by atoms with van der Waals surface area (Å²) < 4.78 is 14.5. The number of benzene rings is 1. The fraction of sp³-hybridized carbons (Fsp3) is 0.588. The van der Waals surface area contributed by atoms with Gasteiger partial charge in [-0.1, -0.05) is 38.9 Å². The molecular formula is C17H25FN2S. The molecule has 1 aromatic rings. The molecule has 0 aromatic heterocycles. The monoisotopic (exact) mass is 308 g/mol. The maximum Gasteiger partial charge on any atom is 0.147 e. The van der Waals surface area contributed by atoms with Crippen LogP contribution < -0.4 is 10.6 Å². The van der Waals surface area contributed by atoms with Crippen LogP contribution >= 0.6 is 12.2 Å². The fourth-order valence-corrected chi connectivity index (χ4v) is 3.13. The highest BCUT2D eigenvalue weighted by atomic mass is 32.1. The molecule has 2 rings (SSSR count). The predicted molar refractivity (Wildman–Crippen MR) is 91.3 cm³/mol. The van der Waals surface area contributed by atoms with Gasteiger partial charge in [0, 0.05) is 18.2 Å². The summed E-state index contributed by atoms with van der Waals surface area (Å²) in [7, 11) is 0. The molecule has 0 spiro atoms. The van der Waals surface area contributed by atoms with Crippen LogP contribution in [0.2, 0.25) is 0 Å². The molecule has 0 saturated heterocycles. The Hall–Kier alpha value is -1.16. The first-order chi connectivity index (χ1) is 9.99. The van der Waals surface area contributed by atoms with E-state index in [1.54, 1.807) is 0 Å². The van der Waals surface area contributed by atoms with Crippen LogP contribution in [0.1, 0.15) is 51.5 Å². The molecular weight excluding hydrogens is 283 g/mol. The number of hydrogen-bond donors (Lipinski definition) is 1. The van der Waals surface area contributed by atoms with Gasteiger partial charge in [0.15, 0.2) is 0 Å². The molecule has 1 aliphatic carbocycles. The van der Waals surface area contributed by atoms with Crippen molar-refractivity contribution in [3.63, 3.8) is 0 Å². The average Bonchev–Trinajstić information content (AvgIpc) is 2.94. The van der Waals surface area contributed by atoms with Crippen molar-refractivity contribution in [2.45, 2.75) is 52.0 Å². The molecule has 0 bridgehead atoms. The van der Waals surface area contributed by atoms with Crippen LogP contribution in [-0.2, 0) is 0 Å². The molecule has 4 heteroatoms. The second-order valence-electron chi connectivity index (χ2n) is 6.34. The molecule has 2 nitrogen and oxygen atoms in total. The molecule has 0 unspecified atom stereocenters. The zero-order valence-electron chi connectivity index (χ0n) is 12.9. The highest BCUT2D eigenvalue weighted by Gasteiger charge is 2.25. The first kappa shape index (κ1) is 16.2. The van der Waals surface area contributed by atoms with E-state index in [0.29, 0.717) is 23.2 Å². The van der Waals surface area contributed by atoms with Crippen molar-refractivity contribution in [1.82, 2.24) is 0 Å².